The van der Waals surface area contributed by atoms with Gasteiger partial charge in [0.15, 0.2) is 0 Å². The third-order valence-electron chi connectivity index (χ3n) is 6.17. The van der Waals surface area contributed by atoms with Crippen molar-refractivity contribution < 1.29 is 23.9 Å². The molecule has 36 heavy (non-hydrogen) atoms. The van der Waals surface area contributed by atoms with Crippen LogP contribution in [-0.4, -0.2) is 91.9 Å². The summed E-state index contributed by atoms with van der Waals surface area (Å²) in [6.07, 6.45) is 0.156. The van der Waals surface area contributed by atoms with E-state index in [0.717, 1.165) is 13.1 Å². The van der Waals surface area contributed by atoms with Crippen LogP contribution in [0.5, 0.6) is 5.75 Å². The minimum absolute atomic E-state index is 0.161. The van der Waals surface area contributed by atoms with Crippen molar-refractivity contribution in [1.29, 1.82) is 0 Å². The number of likely N-dealkylation sites (N-methyl/N-ethyl adjacent to an activating group) is 2. The van der Waals surface area contributed by atoms with E-state index in [1.54, 1.807) is 31.3 Å². The summed E-state index contributed by atoms with van der Waals surface area (Å²) in [5.41, 5.74) is 0.252. The number of hydrogen-bond acceptors (Lipinski definition) is 6. The Bertz CT molecular complexity index is 902. The Labute approximate surface area is 214 Å². The van der Waals surface area contributed by atoms with Gasteiger partial charge in [0.05, 0.1) is 18.5 Å². The highest BCUT2D eigenvalue weighted by Gasteiger charge is 2.30. The Morgan fingerprint density at radius 3 is 2.53 bits per heavy atom. The summed E-state index contributed by atoms with van der Waals surface area (Å²) in [4.78, 5) is 55.9. The van der Waals surface area contributed by atoms with Gasteiger partial charge in [-0.3, -0.25) is 19.2 Å². The number of carbonyl (C=O) groups excluding carboxylic acids is 4. The Kier molecular flexibility index (Phi) is 11.7. The minimum Gasteiger partial charge on any atom is -0.491 e. The molecular weight excluding hydrogens is 462 g/mol. The highest BCUT2D eigenvalue weighted by atomic mass is 16.5. The van der Waals surface area contributed by atoms with Crippen LogP contribution in [0.15, 0.2) is 24.3 Å². The summed E-state index contributed by atoms with van der Waals surface area (Å²) in [6.45, 7) is 11.2. The van der Waals surface area contributed by atoms with Crippen molar-refractivity contribution in [3.8, 4) is 5.75 Å². The maximum Gasteiger partial charge on any atom is 0.255 e. The zero-order valence-electron chi connectivity index (χ0n) is 22.1. The first-order valence-electron chi connectivity index (χ1n) is 12.7. The lowest BCUT2D eigenvalue weighted by molar-refractivity contribution is -0.136. The molecule has 0 fully saturated rings. The van der Waals surface area contributed by atoms with Crippen molar-refractivity contribution in [2.75, 3.05) is 46.4 Å². The van der Waals surface area contributed by atoms with Crippen LogP contribution in [0.3, 0.4) is 0 Å². The molecule has 0 radical (unpaired) electrons. The zero-order chi connectivity index (χ0) is 26.7. The standard InChI is InChI=1S/C26H41N5O5/c1-6-31(7-2)13-12-27-25(34)20-17-23(32)28-21(16-18(3)4)26(35)30(5)14-15-36-22-11-9-8-10-19(22)24(33)29-20/h8-11,18,20-21H,6-7,12-17H2,1-5H3,(H,27,34)(H,28,32)(H,29,33)/t20-,21+/m0/s1. The van der Waals surface area contributed by atoms with Crippen molar-refractivity contribution >= 4 is 23.6 Å². The summed E-state index contributed by atoms with van der Waals surface area (Å²) < 4.78 is 5.82. The van der Waals surface area contributed by atoms with E-state index < -0.39 is 29.8 Å². The molecule has 1 aliphatic heterocycles. The topological polar surface area (TPSA) is 120 Å². The molecule has 3 N–H and O–H groups in total. The Morgan fingerprint density at radius 1 is 1.17 bits per heavy atom. The highest BCUT2D eigenvalue weighted by molar-refractivity contribution is 6.01. The number of carbonyl (C=O) groups is 4. The van der Waals surface area contributed by atoms with Gasteiger partial charge in [-0.25, -0.2) is 0 Å². The lowest BCUT2D eigenvalue weighted by Gasteiger charge is -2.27. The summed E-state index contributed by atoms with van der Waals surface area (Å²) in [5, 5.41) is 8.31. The van der Waals surface area contributed by atoms with Crippen LogP contribution in [0.2, 0.25) is 0 Å². The van der Waals surface area contributed by atoms with Gasteiger partial charge < -0.3 is 30.5 Å². The van der Waals surface area contributed by atoms with Crippen LogP contribution in [0.1, 0.15) is 50.9 Å². The van der Waals surface area contributed by atoms with E-state index in [2.05, 4.69) is 20.9 Å². The number of nitrogens with zero attached hydrogens (tertiary/aromatic N) is 2. The van der Waals surface area contributed by atoms with E-state index in [-0.39, 0.29) is 37.0 Å². The average molecular weight is 504 g/mol. The summed E-state index contributed by atoms with van der Waals surface area (Å²) in [5.74, 6) is -1.17. The van der Waals surface area contributed by atoms with Gasteiger partial charge in [-0.1, -0.05) is 39.8 Å². The number of benzene rings is 1. The fraction of sp³-hybridized carbons (Fsp3) is 0.615. The third-order valence-corrected chi connectivity index (χ3v) is 6.17. The van der Waals surface area contributed by atoms with Crippen molar-refractivity contribution in [3.05, 3.63) is 29.8 Å². The highest BCUT2D eigenvalue weighted by Crippen LogP contribution is 2.19. The molecule has 200 valence electrons. The lowest BCUT2D eigenvalue weighted by atomic mass is 10.0. The molecule has 0 bridgehead atoms. The predicted octanol–water partition coefficient (Wildman–Crippen LogP) is 1.01. The second-order valence-electron chi connectivity index (χ2n) is 9.40. The Morgan fingerprint density at radius 2 is 1.86 bits per heavy atom. The predicted molar refractivity (Wildman–Crippen MR) is 138 cm³/mol. The monoisotopic (exact) mass is 503 g/mol. The molecule has 1 aromatic rings. The van der Waals surface area contributed by atoms with Crippen LogP contribution in [0.4, 0.5) is 0 Å². The van der Waals surface area contributed by atoms with Crippen LogP contribution in [0, 0.1) is 5.92 Å². The average Bonchev–Trinajstić information content (AvgIpc) is 2.84. The number of rotatable bonds is 8. The van der Waals surface area contributed by atoms with Gasteiger partial charge in [0, 0.05) is 20.1 Å². The van der Waals surface area contributed by atoms with Gasteiger partial charge in [-0.05, 0) is 37.6 Å². The molecule has 2 rings (SSSR count). The minimum atomic E-state index is -1.11. The van der Waals surface area contributed by atoms with Crippen LogP contribution in [0.25, 0.3) is 0 Å². The van der Waals surface area contributed by atoms with Gasteiger partial charge in [-0.2, -0.15) is 0 Å². The number of ether oxygens (including phenoxy) is 1. The molecule has 0 saturated heterocycles. The van der Waals surface area contributed by atoms with Crippen LogP contribution >= 0.6 is 0 Å². The van der Waals surface area contributed by atoms with E-state index in [0.29, 0.717) is 25.3 Å². The first-order chi connectivity index (χ1) is 17.2. The molecule has 2 atom stereocenters. The van der Waals surface area contributed by atoms with Gasteiger partial charge in [-0.15, -0.1) is 0 Å². The molecule has 1 aliphatic rings. The molecule has 4 amide bonds. The molecule has 1 heterocycles. The Balaban J connectivity index is 2.30. The molecule has 1 aromatic carbocycles. The molecule has 0 aliphatic carbocycles. The van der Waals surface area contributed by atoms with Gasteiger partial charge >= 0.3 is 0 Å². The van der Waals surface area contributed by atoms with Crippen molar-refractivity contribution in [2.45, 2.75) is 52.6 Å². The van der Waals surface area contributed by atoms with Crippen LogP contribution in [-0.2, 0) is 14.4 Å². The second kappa shape index (κ2) is 14.4. The quantitative estimate of drug-likeness (QED) is 0.487. The fourth-order valence-corrected chi connectivity index (χ4v) is 4.03. The second-order valence-corrected chi connectivity index (χ2v) is 9.40. The molecule has 10 nitrogen and oxygen atoms in total. The maximum absolute atomic E-state index is 13.1. The third kappa shape index (κ3) is 8.82. The fourth-order valence-electron chi connectivity index (χ4n) is 4.03. The van der Waals surface area contributed by atoms with E-state index in [1.165, 1.54) is 4.90 Å². The van der Waals surface area contributed by atoms with Crippen molar-refractivity contribution in [1.82, 2.24) is 25.8 Å². The maximum atomic E-state index is 13.1. The van der Waals surface area contributed by atoms with Crippen molar-refractivity contribution in [3.63, 3.8) is 0 Å². The number of fused-ring (bicyclic) bond motifs is 1. The number of amides is 4. The number of nitrogens with one attached hydrogen (secondary N) is 3. The van der Waals surface area contributed by atoms with E-state index in [1.807, 2.05) is 27.7 Å². The number of para-hydroxylation sites is 1. The summed E-state index contributed by atoms with van der Waals surface area (Å²) in [7, 11) is 1.65. The van der Waals surface area contributed by atoms with Gasteiger partial charge in [0.25, 0.3) is 5.91 Å². The smallest absolute Gasteiger partial charge is 0.255 e. The lowest BCUT2D eigenvalue weighted by Crippen LogP contribution is -2.53. The Hall–Kier alpha value is -3.14. The van der Waals surface area contributed by atoms with E-state index in [9.17, 15) is 19.2 Å². The van der Waals surface area contributed by atoms with Crippen LogP contribution < -0.4 is 20.7 Å². The molecule has 10 heteroatoms. The molecule has 0 aromatic heterocycles. The molecular formula is C26H41N5O5. The zero-order valence-corrected chi connectivity index (χ0v) is 22.1. The summed E-state index contributed by atoms with van der Waals surface area (Å²) >= 11 is 0. The van der Waals surface area contributed by atoms with Gasteiger partial charge in [0.2, 0.25) is 17.7 Å². The number of hydrogen-bond donors (Lipinski definition) is 3. The normalized spacial score (nSPS) is 19.8. The SMILES string of the molecule is CCN(CC)CCNC(=O)[C@@H]1CC(=O)N[C@H](CC(C)C)C(=O)N(C)CCOc2ccccc2C(=O)N1. The molecule has 0 spiro atoms. The largest absolute Gasteiger partial charge is 0.491 e. The summed E-state index contributed by atoms with van der Waals surface area (Å²) in [6, 6.07) is 4.85. The van der Waals surface area contributed by atoms with E-state index >= 15 is 0 Å². The van der Waals surface area contributed by atoms with E-state index in [4.69, 9.17) is 4.74 Å². The first kappa shape index (κ1) is 29.1. The van der Waals surface area contributed by atoms with Gasteiger partial charge in [0.1, 0.15) is 24.4 Å². The first-order valence-corrected chi connectivity index (χ1v) is 12.7. The molecule has 0 saturated carbocycles. The van der Waals surface area contributed by atoms with Crippen molar-refractivity contribution in [2.24, 2.45) is 5.92 Å². The molecule has 0 unspecified atom stereocenters.